The zero-order valence-electron chi connectivity index (χ0n) is 8.09. The van der Waals surface area contributed by atoms with Crippen LogP contribution in [0.15, 0.2) is 0 Å². The maximum absolute atomic E-state index is 10.6. The Morgan fingerprint density at radius 1 is 1.54 bits per heavy atom. The lowest BCUT2D eigenvalue weighted by Crippen LogP contribution is -2.41. The van der Waals surface area contributed by atoms with Crippen molar-refractivity contribution in [3.8, 4) is 0 Å². The zero-order valence-corrected chi connectivity index (χ0v) is 8.90. The molecule has 0 aliphatic heterocycles. The third-order valence-corrected chi connectivity index (χ3v) is 1.49. The Morgan fingerprint density at radius 3 is 2.62 bits per heavy atom. The van der Waals surface area contributed by atoms with Crippen LogP contribution >= 0.6 is 12.2 Å². The van der Waals surface area contributed by atoms with Gasteiger partial charge >= 0.3 is 6.09 Å². The molecule has 0 aromatic heterocycles. The Labute approximate surface area is 83.4 Å². The van der Waals surface area contributed by atoms with Gasteiger partial charge in [0.25, 0.3) is 0 Å². The predicted molar refractivity (Wildman–Crippen MR) is 54.7 cm³/mol. The molecule has 5 nitrogen and oxygen atoms in total. The summed E-state index contributed by atoms with van der Waals surface area (Å²) >= 11 is 4.81. The van der Waals surface area contributed by atoms with Crippen LogP contribution in [-0.4, -0.2) is 50.4 Å². The lowest BCUT2D eigenvalue weighted by Gasteiger charge is -2.11. The second-order valence-electron chi connectivity index (χ2n) is 2.68. The molecule has 0 heterocycles. The molecule has 0 bridgehead atoms. The number of amides is 1. The molecule has 2 N–H and O–H groups in total. The highest BCUT2D eigenvalue weighted by molar-refractivity contribution is 7.80. The molecule has 0 aromatic rings. The monoisotopic (exact) mass is 205 g/mol. The molecule has 0 aliphatic carbocycles. The molecule has 0 saturated heterocycles. The van der Waals surface area contributed by atoms with Crippen LogP contribution in [0.4, 0.5) is 4.79 Å². The smallest absolute Gasteiger partial charge is 0.413 e. The van der Waals surface area contributed by atoms with Crippen LogP contribution in [0.25, 0.3) is 0 Å². The lowest BCUT2D eigenvalue weighted by atomic mass is 10.6. The van der Waals surface area contributed by atoms with Crippen molar-refractivity contribution in [3.05, 3.63) is 0 Å². The molecular formula is C7H15N3O2S. The van der Waals surface area contributed by atoms with Crippen LogP contribution in [0, 0.1) is 0 Å². The first kappa shape index (κ1) is 12.1. The van der Waals surface area contributed by atoms with Crippen molar-refractivity contribution in [3.63, 3.8) is 0 Å². The molecule has 13 heavy (non-hydrogen) atoms. The summed E-state index contributed by atoms with van der Waals surface area (Å²) in [6, 6.07) is 0. The van der Waals surface area contributed by atoms with Gasteiger partial charge in [0.1, 0.15) is 0 Å². The Morgan fingerprint density at radius 2 is 2.15 bits per heavy atom. The summed E-state index contributed by atoms with van der Waals surface area (Å²) in [5.74, 6) is 0. The van der Waals surface area contributed by atoms with E-state index in [2.05, 4.69) is 15.4 Å². The molecule has 1 amide bonds. The predicted octanol–water partition coefficient (Wildman–Crippen LogP) is -0.221. The number of ether oxygens (including phenoxy) is 1. The maximum Gasteiger partial charge on any atom is 0.413 e. The molecule has 0 spiro atoms. The van der Waals surface area contributed by atoms with E-state index in [1.54, 1.807) is 0 Å². The number of hydrogen-bond acceptors (Lipinski definition) is 4. The third-order valence-electron chi connectivity index (χ3n) is 1.25. The number of likely N-dealkylation sites (N-methyl/N-ethyl adjacent to an activating group) is 1. The minimum atomic E-state index is -0.553. The Balaban J connectivity index is 3.46. The number of rotatable bonds is 3. The van der Waals surface area contributed by atoms with Crippen molar-refractivity contribution in [1.82, 2.24) is 15.5 Å². The summed E-state index contributed by atoms with van der Waals surface area (Å²) in [4.78, 5) is 12.7. The quantitative estimate of drug-likeness (QED) is 0.624. The van der Waals surface area contributed by atoms with E-state index in [9.17, 15) is 4.79 Å². The fourth-order valence-electron chi connectivity index (χ4n) is 0.581. The molecule has 0 rings (SSSR count). The number of thiocarbonyl (C=S) groups is 1. The second-order valence-corrected chi connectivity index (χ2v) is 3.08. The highest BCUT2D eigenvalue weighted by atomic mass is 32.1. The van der Waals surface area contributed by atoms with E-state index < -0.39 is 6.09 Å². The summed E-state index contributed by atoms with van der Waals surface area (Å²) in [6.07, 6.45) is -0.553. The van der Waals surface area contributed by atoms with Gasteiger partial charge in [0.05, 0.1) is 7.11 Å². The normalized spacial score (nSPS) is 9.54. The topological polar surface area (TPSA) is 53.6 Å². The lowest BCUT2D eigenvalue weighted by molar-refractivity contribution is 0.176. The maximum atomic E-state index is 10.6. The van der Waals surface area contributed by atoms with Gasteiger partial charge < -0.3 is 15.0 Å². The van der Waals surface area contributed by atoms with Crippen molar-refractivity contribution in [1.29, 1.82) is 0 Å². The second kappa shape index (κ2) is 6.62. The fraction of sp³-hybridized carbons (Fsp3) is 0.714. The van der Waals surface area contributed by atoms with Gasteiger partial charge in [0.2, 0.25) is 0 Å². The first-order valence-electron chi connectivity index (χ1n) is 3.83. The third kappa shape index (κ3) is 7.48. The van der Waals surface area contributed by atoms with Crippen molar-refractivity contribution < 1.29 is 9.53 Å². The van der Waals surface area contributed by atoms with Crippen LogP contribution in [0.3, 0.4) is 0 Å². The number of alkyl carbamates (subject to hydrolysis) is 1. The van der Waals surface area contributed by atoms with Crippen LogP contribution in [0.2, 0.25) is 0 Å². The molecule has 76 valence electrons. The molecule has 0 aliphatic rings. The van der Waals surface area contributed by atoms with Gasteiger partial charge in [-0.05, 0) is 26.3 Å². The van der Waals surface area contributed by atoms with Crippen molar-refractivity contribution in [2.75, 3.05) is 34.3 Å². The van der Waals surface area contributed by atoms with E-state index in [1.165, 1.54) is 7.11 Å². The summed E-state index contributed by atoms with van der Waals surface area (Å²) in [7, 11) is 5.20. The van der Waals surface area contributed by atoms with E-state index in [-0.39, 0.29) is 5.11 Å². The molecule has 0 aromatic carbocycles. The van der Waals surface area contributed by atoms with Gasteiger partial charge in [-0.1, -0.05) is 0 Å². The van der Waals surface area contributed by atoms with E-state index in [0.29, 0.717) is 6.54 Å². The highest BCUT2D eigenvalue weighted by Gasteiger charge is 2.01. The SMILES string of the molecule is COC(=O)NC(=S)NCCN(C)C. The van der Waals surface area contributed by atoms with Crippen LogP contribution < -0.4 is 10.6 Å². The number of methoxy groups -OCH3 is 1. The molecule has 6 heteroatoms. The molecule has 0 radical (unpaired) electrons. The molecular weight excluding hydrogens is 190 g/mol. The van der Waals surface area contributed by atoms with Gasteiger partial charge in [-0.3, -0.25) is 5.32 Å². The van der Waals surface area contributed by atoms with Crippen LogP contribution in [0.5, 0.6) is 0 Å². The standard InChI is InChI=1S/C7H15N3O2S/c1-10(2)5-4-8-6(13)9-7(11)12-3/h4-5H2,1-3H3,(H2,8,9,11,13). The van der Waals surface area contributed by atoms with Crippen molar-refractivity contribution >= 4 is 23.4 Å². The number of hydrogen-bond donors (Lipinski definition) is 2. The molecule has 0 atom stereocenters. The highest BCUT2D eigenvalue weighted by Crippen LogP contribution is 1.74. The largest absolute Gasteiger partial charge is 0.453 e. The first-order chi connectivity index (χ1) is 6.06. The Hall–Kier alpha value is -0.880. The average Bonchev–Trinajstić information content (AvgIpc) is 2.03. The molecule has 0 saturated carbocycles. The number of carbonyl (C=O) groups is 1. The Kier molecular flexibility index (Phi) is 6.17. The summed E-state index contributed by atoms with van der Waals surface area (Å²) in [5.41, 5.74) is 0. The average molecular weight is 205 g/mol. The van der Waals surface area contributed by atoms with E-state index >= 15 is 0 Å². The summed E-state index contributed by atoms with van der Waals surface area (Å²) in [5, 5.41) is 5.49. The Bertz CT molecular complexity index is 185. The van der Waals surface area contributed by atoms with Gasteiger partial charge in [0, 0.05) is 13.1 Å². The van der Waals surface area contributed by atoms with Crippen molar-refractivity contribution in [2.45, 2.75) is 0 Å². The molecule has 0 unspecified atom stereocenters. The fourth-order valence-corrected chi connectivity index (χ4v) is 0.766. The summed E-state index contributed by atoms with van der Waals surface area (Å²) < 4.78 is 4.36. The van der Waals surface area contributed by atoms with Crippen LogP contribution in [-0.2, 0) is 4.74 Å². The zero-order chi connectivity index (χ0) is 10.3. The molecule has 0 fully saturated rings. The van der Waals surface area contributed by atoms with E-state index in [4.69, 9.17) is 12.2 Å². The van der Waals surface area contributed by atoms with Crippen LogP contribution in [0.1, 0.15) is 0 Å². The number of nitrogens with one attached hydrogen (secondary N) is 2. The van der Waals surface area contributed by atoms with E-state index in [1.807, 2.05) is 19.0 Å². The van der Waals surface area contributed by atoms with Gasteiger partial charge in [-0.25, -0.2) is 4.79 Å². The van der Waals surface area contributed by atoms with Crippen molar-refractivity contribution in [2.24, 2.45) is 0 Å². The first-order valence-corrected chi connectivity index (χ1v) is 4.24. The number of nitrogens with zero attached hydrogens (tertiary/aromatic N) is 1. The van der Waals surface area contributed by atoms with E-state index in [0.717, 1.165) is 6.54 Å². The number of carbonyl (C=O) groups excluding carboxylic acids is 1. The van der Waals surface area contributed by atoms with Gasteiger partial charge in [0.15, 0.2) is 5.11 Å². The minimum Gasteiger partial charge on any atom is -0.453 e. The summed E-state index contributed by atoms with van der Waals surface area (Å²) in [6.45, 7) is 1.54. The van der Waals surface area contributed by atoms with Gasteiger partial charge in [-0.2, -0.15) is 0 Å². The minimum absolute atomic E-state index is 0.286. The van der Waals surface area contributed by atoms with Gasteiger partial charge in [-0.15, -0.1) is 0 Å².